The number of nitrogens with zero attached hydrogens (tertiary/aromatic N) is 2. The van der Waals surface area contributed by atoms with Crippen LogP contribution >= 0.6 is 0 Å². The highest BCUT2D eigenvalue weighted by molar-refractivity contribution is 5.96. The molecule has 7 nitrogen and oxygen atoms in total. The van der Waals surface area contributed by atoms with Crippen LogP contribution in [0.4, 0.5) is 0 Å². The van der Waals surface area contributed by atoms with Crippen LogP contribution in [0.1, 0.15) is 34.8 Å². The van der Waals surface area contributed by atoms with Crippen LogP contribution in [-0.2, 0) is 11.2 Å². The summed E-state index contributed by atoms with van der Waals surface area (Å²) in [5, 5.41) is 9.66. The maximum Gasteiger partial charge on any atom is 0.331 e. The lowest BCUT2D eigenvalue weighted by Crippen LogP contribution is -2.40. The average Bonchev–Trinajstić information content (AvgIpc) is 2.93. The van der Waals surface area contributed by atoms with E-state index in [2.05, 4.69) is 4.98 Å². The van der Waals surface area contributed by atoms with Gasteiger partial charge in [-0.1, -0.05) is 25.1 Å². The molecule has 0 aliphatic carbocycles. The summed E-state index contributed by atoms with van der Waals surface area (Å²) >= 11 is 0. The zero-order valence-electron chi connectivity index (χ0n) is 12.6. The highest BCUT2D eigenvalue weighted by atomic mass is 16.5. The van der Waals surface area contributed by atoms with Crippen LogP contribution in [0.2, 0.25) is 0 Å². The molecule has 1 atom stereocenters. The van der Waals surface area contributed by atoms with Gasteiger partial charge in [0.15, 0.2) is 18.1 Å². The number of oxazole rings is 1. The van der Waals surface area contributed by atoms with Gasteiger partial charge in [0.2, 0.25) is 0 Å². The zero-order chi connectivity index (χ0) is 16.4. The summed E-state index contributed by atoms with van der Waals surface area (Å²) in [5.74, 6) is -0.662. The van der Waals surface area contributed by atoms with Crippen LogP contribution in [0.5, 0.6) is 5.75 Å². The number of rotatable bonds is 3. The molecule has 1 aliphatic heterocycles. The fourth-order valence-electron chi connectivity index (χ4n) is 2.71. The van der Waals surface area contributed by atoms with E-state index >= 15 is 0 Å². The van der Waals surface area contributed by atoms with Crippen LogP contribution < -0.4 is 4.74 Å². The fourth-order valence-corrected chi connectivity index (χ4v) is 2.71. The van der Waals surface area contributed by atoms with E-state index in [1.165, 1.54) is 11.3 Å². The number of aliphatic carboxylic acids is 1. The monoisotopic (exact) mass is 316 g/mol. The molecule has 0 spiro atoms. The summed E-state index contributed by atoms with van der Waals surface area (Å²) in [4.78, 5) is 29.8. The van der Waals surface area contributed by atoms with Gasteiger partial charge in [0.25, 0.3) is 5.91 Å². The number of hydrogen-bond donors (Lipinski definition) is 1. The Hall–Kier alpha value is -2.83. The normalized spacial score (nSPS) is 17.1. The number of fused-ring (bicyclic) bond motifs is 1. The van der Waals surface area contributed by atoms with E-state index in [9.17, 15) is 14.7 Å². The number of amides is 1. The Morgan fingerprint density at radius 2 is 2.17 bits per heavy atom. The summed E-state index contributed by atoms with van der Waals surface area (Å²) < 4.78 is 10.8. The number of para-hydroxylation sites is 1. The number of ether oxygens (including phenoxy) is 1. The predicted molar refractivity (Wildman–Crippen MR) is 79.2 cm³/mol. The van der Waals surface area contributed by atoms with Crippen molar-refractivity contribution < 1.29 is 23.8 Å². The summed E-state index contributed by atoms with van der Waals surface area (Å²) in [6, 6.07) is 5.72. The van der Waals surface area contributed by atoms with Crippen LogP contribution in [0.15, 0.2) is 35.1 Å². The number of carbonyl (C=O) groups is 2. The van der Waals surface area contributed by atoms with Crippen LogP contribution in [0.25, 0.3) is 0 Å². The molecule has 0 saturated heterocycles. The first-order valence-electron chi connectivity index (χ1n) is 7.31. The molecule has 3 rings (SSSR count). The number of carboxylic acids is 1. The minimum Gasteiger partial charge on any atom is -0.491 e. The number of hydrogen-bond acceptors (Lipinski definition) is 5. The number of carbonyl (C=O) groups excluding carboxylic acids is 1. The quantitative estimate of drug-likeness (QED) is 0.929. The van der Waals surface area contributed by atoms with Crippen molar-refractivity contribution in [2.75, 3.05) is 13.2 Å². The van der Waals surface area contributed by atoms with Gasteiger partial charge in [-0.15, -0.1) is 0 Å². The van der Waals surface area contributed by atoms with E-state index in [-0.39, 0.29) is 18.8 Å². The predicted octanol–water partition coefficient (Wildman–Crippen LogP) is 1.90. The fraction of sp³-hybridized carbons (Fsp3) is 0.312. The Balaban J connectivity index is 2.04. The van der Waals surface area contributed by atoms with Gasteiger partial charge in [-0.2, -0.15) is 0 Å². The van der Waals surface area contributed by atoms with Crippen molar-refractivity contribution in [3.05, 3.63) is 47.7 Å². The van der Waals surface area contributed by atoms with Crippen molar-refractivity contribution in [2.24, 2.45) is 0 Å². The van der Waals surface area contributed by atoms with Crippen LogP contribution in [-0.4, -0.2) is 40.0 Å². The van der Waals surface area contributed by atoms with Gasteiger partial charge in [-0.3, -0.25) is 4.79 Å². The lowest BCUT2D eigenvalue weighted by Gasteiger charge is -2.26. The van der Waals surface area contributed by atoms with E-state index < -0.39 is 17.9 Å². The van der Waals surface area contributed by atoms with Gasteiger partial charge in [0, 0.05) is 12.0 Å². The van der Waals surface area contributed by atoms with E-state index in [0.717, 1.165) is 0 Å². The molecule has 2 aromatic rings. The Labute approximate surface area is 132 Å². The van der Waals surface area contributed by atoms with E-state index in [1.54, 1.807) is 24.3 Å². The molecular weight excluding hydrogens is 300 g/mol. The topological polar surface area (TPSA) is 92.9 Å². The highest BCUT2D eigenvalue weighted by Gasteiger charge is 2.37. The number of benzene rings is 1. The second kappa shape index (κ2) is 6.12. The Kier molecular flexibility index (Phi) is 4.01. The van der Waals surface area contributed by atoms with Crippen LogP contribution in [0, 0.1) is 0 Å². The number of aryl methyl sites for hydroxylation is 1. The maximum atomic E-state index is 12.8. The van der Waals surface area contributed by atoms with Crippen molar-refractivity contribution in [1.29, 1.82) is 0 Å². The van der Waals surface area contributed by atoms with Crippen molar-refractivity contribution in [3.63, 3.8) is 0 Å². The minimum absolute atomic E-state index is 0.151. The average molecular weight is 316 g/mol. The van der Waals surface area contributed by atoms with Gasteiger partial charge in [0.05, 0.1) is 6.54 Å². The molecular formula is C16H16N2O5. The first kappa shape index (κ1) is 15.1. The summed E-state index contributed by atoms with van der Waals surface area (Å²) in [5.41, 5.74) is 0.602. The molecule has 1 unspecified atom stereocenters. The second-order valence-electron chi connectivity index (χ2n) is 5.10. The molecule has 1 aromatic heterocycles. The van der Waals surface area contributed by atoms with Gasteiger partial charge in [-0.25, -0.2) is 9.78 Å². The van der Waals surface area contributed by atoms with Gasteiger partial charge in [0.1, 0.15) is 18.1 Å². The molecule has 2 heterocycles. The molecule has 1 N–H and O–H groups in total. The van der Waals surface area contributed by atoms with E-state index in [4.69, 9.17) is 9.15 Å². The van der Waals surface area contributed by atoms with Gasteiger partial charge in [-0.05, 0) is 6.07 Å². The summed E-state index contributed by atoms with van der Waals surface area (Å²) in [7, 11) is 0. The van der Waals surface area contributed by atoms with Crippen LogP contribution in [0.3, 0.4) is 0 Å². The SMILES string of the molecule is CCc1ocnc1C(=O)N1CCOc2ccccc2C1C(=O)O. The van der Waals surface area contributed by atoms with Crippen molar-refractivity contribution in [2.45, 2.75) is 19.4 Å². The molecule has 120 valence electrons. The third-order valence-electron chi connectivity index (χ3n) is 3.77. The lowest BCUT2D eigenvalue weighted by atomic mass is 10.0. The summed E-state index contributed by atoms with van der Waals surface area (Å²) in [6.45, 7) is 2.21. The Morgan fingerprint density at radius 3 is 2.91 bits per heavy atom. The highest BCUT2D eigenvalue weighted by Crippen LogP contribution is 2.33. The van der Waals surface area contributed by atoms with Crippen molar-refractivity contribution in [3.8, 4) is 5.75 Å². The number of carboxylic acid groups (broad SMARTS) is 1. The molecule has 0 bridgehead atoms. The third-order valence-corrected chi connectivity index (χ3v) is 3.77. The minimum atomic E-state index is -1.12. The molecule has 7 heteroatoms. The molecule has 23 heavy (non-hydrogen) atoms. The Bertz CT molecular complexity index is 740. The van der Waals surface area contributed by atoms with Gasteiger partial charge < -0.3 is 19.2 Å². The second-order valence-corrected chi connectivity index (χ2v) is 5.10. The molecule has 1 amide bonds. The van der Waals surface area contributed by atoms with Crippen molar-refractivity contribution in [1.82, 2.24) is 9.88 Å². The van der Waals surface area contributed by atoms with Crippen molar-refractivity contribution >= 4 is 11.9 Å². The van der Waals surface area contributed by atoms with E-state index in [0.29, 0.717) is 23.5 Å². The largest absolute Gasteiger partial charge is 0.491 e. The maximum absolute atomic E-state index is 12.8. The first-order chi connectivity index (χ1) is 11.1. The standard InChI is InChI=1S/C16H16N2O5/c1-2-11-13(17-9-23-11)15(19)18-7-8-22-12-6-4-3-5-10(12)14(18)16(20)21/h3-6,9,14H,2,7-8H2,1H3,(H,20,21). The smallest absolute Gasteiger partial charge is 0.331 e. The molecule has 1 aromatic carbocycles. The Morgan fingerprint density at radius 1 is 1.39 bits per heavy atom. The molecule has 0 fully saturated rings. The summed E-state index contributed by atoms with van der Waals surface area (Å²) in [6.07, 6.45) is 1.70. The molecule has 0 radical (unpaired) electrons. The molecule has 0 saturated carbocycles. The third kappa shape index (κ3) is 2.65. The van der Waals surface area contributed by atoms with E-state index in [1.807, 2.05) is 6.92 Å². The molecule has 1 aliphatic rings. The lowest BCUT2D eigenvalue weighted by molar-refractivity contribution is -0.142. The number of aromatic nitrogens is 1. The first-order valence-corrected chi connectivity index (χ1v) is 7.31. The van der Waals surface area contributed by atoms with Gasteiger partial charge >= 0.3 is 5.97 Å². The zero-order valence-corrected chi connectivity index (χ0v) is 12.6.